The van der Waals surface area contributed by atoms with Crippen molar-refractivity contribution in [3.05, 3.63) is 32.4 Å². The predicted octanol–water partition coefficient (Wildman–Crippen LogP) is 3.26. The first kappa shape index (κ1) is 17.0. The van der Waals surface area contributed by atoms with E-state index >= 15 is 0 Å². The second-order valence-electron chi connectivity index (χ2n) is 4.95. The standard InChI is InChI=1S/C15H19ClINO3/c16-13-9-11(4-5-14(13)17)15(19)18-6-2-7-20-10-12-3-1-8-21-12/h4-5,9,12H,1-3,6-8,10H2,(H,18,19). The van der Waals surface area contributed by atoms with E-state index in [-0.39, 0.29) is 12.0 Å². The molecule has 0 spiro atoms. The summed E-state index contributed by atoms with van der Waals surface area (Å²) in [6, 6.07) is 5.30. The van der Waals surface area contributed by atoms with Crippen LogP contribution < -0.4 is 5.32 Å². The Morgan fingerprint density at radius 2 is 2.38 bits per heavy atom. The fourth-order valence-corrected chi connectivity index (χ4v) is 2.62. The zero-order valence-electron chi connectivity index (χ0n) is 11.7. The van der Waals surface area contributed by atoms with Gasteiger partial charge in [0.25, 0.3) is 5.91 Å². The van der Waals surface area contributed by atoms with Crippen LogP contribution in [0.1, 0.15) is 29.6 Å². The van der Waals surface area contributed by atoms with Crippen molar-refractivity contribution in [1.29, 1.82) is 0 Å². The zero-order chi connectivity index (χ0) is 15.1. The van der Waals surface area contributed by atoms with Crippen molar-refractivity contribution in [2.45, 2.75) is 25.4 Å². The van der Waals surface area contributed by atoms with Crippen LogP contribution in [-0.4, -0.2) is 38.4 Å². The maximum Gasteiger partial charge on any atom is 0.251 e. The van der Waals surface area contributed by atoms with E-state index in [1.54, 1.807) is 12.1 Å². The number of amides is 1. The number of hydrogen-bond acceptors (Lipinski definition) is 3. The molecule has 0 aromatic heterocycles. The fourth-order valence-electron chi connectivity index (χ4n) is 2.11. The molecule has 4 nitrogen and oxygen atoms in total. The number of benzene rings is 1. The molecule has 1 fully saturated rings. The predicted molar refractivity (Wildman–Crippen MR) is 90.9 cm³/mol. The van der Waals surface area contributed by atoms with Gasteiger partial charge >= 0.3 is 0 Å². The van der Waals surface area contributed by atoms with E-state index in [0.717, 1.165) is 29.4 Å². The normalized spacial score (nSPS) is 17.9. The molecule has 0 saturated carbocycles. The summed E-state index contributed by atoms with van der Waals surface area (Å²) in [6.45, 7) is 2.73. The number of hydrogen-bond donors (Lipinski definition) is 1. The lowest BCUT2D eigenvalue weighted by molar-refractivity contribution is 0.0166. The number of carbonyl (C=O) groups is 1. The fraction of sp³-hybridized carbons (Fsp3) is 0.533. The molecular formula is C15H19ClINO3. The van der Waals surface area contributed by atoms with E-state index in [1.165, 1.54) is 0 Å². The van der Waals surface area contributed by atoms with Crippen LogP contribution in [0.3, 0.4) is 0 Å². The van der Waals surface area contributed by atoms with E-state index in [9.17, 15) is 4.79 Å². The van der Waals surface area contributed by atoms with Gasteiger partial charge in [-0.1, -0.05) is 11.6 Å². The van der Waals surface area contributed by atoms with E-state index < -0.39 is 0 Å². The highest BCUT2D eigenvalue weighted by molar-refractivity contribution is 14.1. The van der Waals surface area contributed by atoms with Gasteiger partial charge in [0, 0.05) is 28.9 Å². The first-order chi connectivity index (χ1) is 10.2. The van der Waals surface area contributed by atoms with Crippen molar-refractivity contribution >= 4 is 40.1 Å². The van der Waals surface area contributed by atoms with Crippen LogP contribution in [0.4, 0.5) is 0 Å². The van der Waals surface area contributed by atoms with E-state index in [4.69, 9.17) is 21.1 Å². The van der Waals surface area contributed by atoms with E-state index in [1.807, 2.05) is 6.07 Å². The Labute approximate surface area is 143 Å². The Morgan fingerprint density at radius 3 is 3.10 bits per heavy atom. The van der Waals surface area contributed by atoms with Crippen LogP contribution >= 0.6 is 34.2 Å². The van der Waals surface area contributed by atoms with Crippen LogP contribution in [0.2, 0.25) is 5.02 Å². The van der Waals surface area contributed by atoms with Crippen LogP contribution in [0.15, 0.2) is 18.2 Å². The minimum Gasteiger partial charge on any atom is -0.379 e. The second kappa shape index (κ2) is 8.92. The highest BCUT2D eigenvalue weighted by Gasteiger charge is 2.15. The van der Waals surface area contributed by atoms with Crippen LogP contribution in [-0.2, 0) is 9.47 Å². The monoisotopic (exact) mass is 423 g/mol. The molecule has 116 valence electrons. The molecule has 1 heterocycles. The van der Waals surface area contributed by atoms with Gasteiger partial charge in [-0.2, -0.15) is 0 Å². The molecule has 6 heteroatoms. The molecule has 21 heavy (non-hydrogen) atoms. The number of nitrogens with one attached hydrogen (secondary N) is 1. The largest absolute Gasteiger partial charge is 0.379 e. The molecule has 1 N–H and O–H groups in total. The SMILES string of the molecule is O=C(NCCCOCC1CCCO1)c1ccc(I)c(Cl)c1. The van der Waals surface area contributed by atoms with Gasteiger partial charge in [0.1, 0.15) is 0 Å². The van der Waals surface area contributed by atoms with Crippen LogP contribution in [0.5, 0.6) is 0 Å². The molecule has 1 amide bonds. The summed E-state index contributed by atoms with van der Waals surface area (Å²) >= 11 is 8.14. The Balaban J connectivity index is 1.59. The van der Waals surface area contributed by atoms with E-state index in [2.05, 4.69) is 27.9 Å². The summed E-state index contributed by atoms with van der Waals surface area (Å²) in [7, 11) is 0. The van der Waals surface area contributed by atoms with Crippen molar-refractivity contribution in [3.8, 4) is 0 Å². The first-order valence-corrected chi connectivity index (χ1v) is 8.55. The average Bonchev–Trinajstić information content (AvgIpc) is 2.98. The van der Waals surface area contributed by atoms with Crippen molar-refractivity contribution in [2.75, 3.05) is 26.4 Å². The van der Waals surface area contributed by atoms with Crippen LogP contribution in [0, 0.1) is 3.57 Å². The van der Waals surface area contributed by atoms with Crippen molar-refractivity contribution in [3.63, 3.8) is 0 Å². The molecule has 1 aliphatic heterocycles. The lowest BCUT2D eigenvalue weighted by Gasteiger charge is -2.10. The number of ether oxygens (including phenoxy) is 2. The summed E-state index contributed by atoms with van der Waals surface area (Å²) in [6.07, 6.45) is 3.26. The third-order valence-corrected chi connectivity index (χ3v) is 4.83. The van der Waals surface area contributed by atoms with Crippen molar-refractivity contribution in [2.24, 2.45) is 0 Å². The number of rotatable bonds is 7. The molecule has 0 aliphatic carbocycles. The lowest BCUT2D eigenvalue weighted by atomic mass is 10.2. The molecule has 2 rings (SSSR count). The summed E-state index contributed by atoms with van der Waals surface area (Å²) < 4.78 is 11.9. The maximum absolute atomic E-state index is 11.9. The first-order valence-electron chi connectivity index (χ1n) is 7.09. The second-order valence-corrected chi connectivity index (χ2v) is 6.52. The Kier molecular flexibility index (Phi) is 7.22. The Hall–Kier alpha value is -0.370. The summed E-state index contributed by atoms with van der Waals surface area (Å²) in [5, 5.41) is 3.46. The Morgan fingerprint density at radius 1 is 1.52 bits per heavy atom. The molecule has 1 aromatic rings. The van der Waals surface area contributed by atoms with Crippen molar-refractivity contribution in [1.82, 2.24) is 5.32 Å². The molecule has 0 radical (unpaired) electrons. The van der Waals surface area contributed by atoms with E-state index in [0.29, 0.717) is 30.3 Å². The minimum absolute atomic E-state index is 0.104. The van der Waals surface area contributed by atoms with Gasteiger partial charge < -0.3 is 14.8 Å². The number of halogens is 2. The van der Waals surface area contributed by atoms with Gasteiger partial charge in [0.15, 0.2) is 0 Å². The zero-order valence-corrected chi connectivity index (χ0v) is 14.7. The van der Waals surface area contributed by atoms with Gasteiger partial charge in [0.05, 0.1) is 17.7 Å². The van der Waals surface area contributed by atoms with Gasteiger partial charge in [-0.05, 0) is 60.1 Å². The smallest absolute Gasteiger partial charge is 0.251 e. The molecule has 1 aromatic carbocycles. The highest BCUT2D eigenvalue weighted by atomic mass is 127. The third-order valence-electron chi connectivity index (χ3n) is 3.26. The van der Waals surface area contributed by atoms with Gasteiger partial charge in [-0.25, -0.2) is 0 Å². The van der Waals surface area contributed by atoms with Gasteiger partial charge in [-0.3, -0.25) is 4.79 Å². The van der Waals surface area contributed by atoms with Crippen molar-refractivity contribution < 1.29 is 14.3 Å². The van der Waals surface area contributed by atoms with Gasteiger partial charge in [-0.15, -0.1) is 0 Å². The lowest BCUT2D eigenvalue weighted by Crippen LogP contribution is -2.25. The summed E-state index contributed by atoms with van der Waals surface area (Å²) in [5.41, 5.74) is 0.584. The number of carbonyl (C=O) groups excluding carboxylic acids is 1. The molecular weight excluding hydrogens is 405 g/mol. The topological polar surface area (TPSA) is 47.6 Å². The minimum atomic E-state index is -0.104. The Bertz CT molecular complexity index is 478. The average molecular weight is 424 g/mol. The molecule has 1 atom stereocenters. The third kappa shape index (κ3) is 5.73. The van der Waals surface area contributed by atoms with Crippen LogP contribution in [0.25, 0.3) is 0 Å². The maximum atomic E-state index is 11.9. The summed E-state index contributed by atoms with van der Waals surface area (Å²) in [4.78, 5) is 11.9. The summed E-state index contributed by atoms with van der Waals surface area (Å²) in [5.74, 6) is -0.104. The highest BCUT2D eigenvalue weighted by Crippen LogP contribution is 2.19. The van der Waals surface area contributed by atoms with Gasteiger partial charge in [0.2, 0.25) is 0 Å². The molecule has 1 aliphatic rings. The molecule has 1 saturated heterocycles. The molecule has 0 bridgehead atoms. The quantitative estimate of drug-likeness (QED) is 0.541. The molecule has 1 unspecified atom stereocenters.